The third kappa shape index (κ3) is 5.12. The Bertz CT molecular complexity index is 826. The number of hydrogen-bond donors (Lipinski definition) is 6. The van der Waals surface area contributed by atoms with E-state index in [4.69, 9.17) is 9.47 Å². The van der Waals surface area contributed by atoms with Gasteiger partial charge in [0.05, 0.1) is 24.3 Å². The van der Waals surface area contributed by atoms with E-state index in [1.165, 1.54) is 0 Å². The number of carbonyl (C=O) groups excluding carboxylic acids is 2. The van der Waals surface area contributed by atoms with Gasteiger partial charge in [0.1, 0.15) is 0 Å². The number of carbonyl (C=O) groups is 2. The Balaban J connectivity index is 1.96. The summed E-state index contributed by atoms with van der Waals surface area (Å²) in [6.45, 7) is 2.86. The maximum absolute atomic E-state index is 12.1. The molecule has 2 aromatic rings. The fourth-order valence-electron chi connectivity index (χ4n) is 2.17. The zero-order chi connectivity index (χ0) is 21.9. The lowest BCUT2D eigenvalue weighted by atomic mass is 9.96. The van der Waals surface area contributed by atoms with E-state index in [0.717, 1.165) is 24.3 Å². The van der Waals surface area contributed by atoms with Crippen LogP contribution in [0.15, 0.2) is 24.3 Å². The molecule has 0 saturated carbocycles. The molecule has 0 saturated heterocycles. The van der Waals surface area contributed by atoms with Crippen molar-refractivity contribution in [1.82, 2.24) is 0 Å². The van der Waals surface area contributed by atoms with Gasteiger partial charge in [-0.15, -0.1) is 0 Å². The van der Waals surface area contributed by atoms with Gasteiger partial charge in [0.2, 0.25) is 0 Å². The second kappa shape index (κ2) is 8.05. The predicted octanol–water partition coefficient (Wildman–Crippen LogP) is 1.96. The van der Waals surface area contributed by atoms with Crippen molar-refractivity contribution in [3.63, 3.8) is 0 Å². The molecule has 2 aromatic carbocycles. The van der Waals surface area contributed by atoms with E-state index >= 15 is 0 Å². The number of aromatic hydroxyl groups is 6. The molecule has 10 nitrogen and oxygen atoms in total. The Hall–Kier alpha value is -3.82. The van der Waals surface area contributed by atoms with Gasteiger partial charge in [0.15, 0.2) is 34.5 Å². The summed E-state index contributed by atoms with van der Waals surface area (Å²) in [5.74, 6) is -6.06. The maximum Gasteiger partial charge on any atom is 0.338 e. The molecule has 0 bridgehead atoms. The number of hydrogen-bond acceptors (Lipinski definition) is 10. The SMILES string of the molecule is CC(C)(COC(=O)c1cc(O)c(O)c(O)c1)COC(=O)c1cc(O)c(O)c(O)c1. The van der Waals surface area contributed by atoms with Crippen molar-refractivity contribution in [3.8, 4) is 34.5 Å². The minimum Gasteiger partial charge on any atom is -0.504 e. The van der Waals surface area contributed by atoms with Crippen LogP contribution in [0.25, 0.3) is 0 Å². The van der Waals surface area contributed by atoms with Gasteiger partial charge < -0.3 is 40.1 Å². The molecule has 0 fully saturated rings. The average molecular weight is 408 g/mol. The van der Waals surface area contributed by atoms with Gasteiger partial charge in [-0.05, 0) is 24.3 Å². The molecule has 0 aromatic heterocycles. The summed E-state index contributed by atoms with van der Waals surface area (Å²) in [4.78, 5) is 24.1. The molecule has 29 heavy (non-hydrogen) atoms. The number of benzene rings is 2. The van der Waals surface area contributed by atoms with Gasteiger partial charge in [-0.1, -0.05) is 13.8 Å². The number of ether oxygens (including phenoxy) is 2. The first-order chi connectivity index (χ1) is 13.4. The van der Waals surface area contributed by atoms with E-state index in [1.807, 2.05) is 0 Å². The highest BCUT2D eigenvalue weighted by atomic mass is 16.5. The lowest BCUT2D eigenvalue weighted by Crippen LogP contribution is -2.28. The van der Waals surface area contributed by atoms with Gasteiger partial charge in [0.25, 0.3) is 0 Å². The highest BCUT2D eigenvalue weighted by Crippen LogP contribution is 2.36. The molecule has 0 heterocycles. The molecule has 0 aliphatic heterocycles. The van der Waals surface area contributed by atoms with Gasteiger partial charge in [-0.3, -0.25) is 0 Å². The van der Waals surface area contributed by atoms with Gasteiger partial charge in [0, 0.05) is 5.41 Å². The summed E-state index contributed by atoms with van der Waals surface area (Å²) in [6, 6.07) is 3.70. The van der Waals surface area contributed by atoms with E-state index in [0.29, 0.717) is 0 Å². The smallest absolute Gasteiger partial charge is 0.338 e. The van der Waals surface area contributed by atoms with Crippen molar-refractivity contribution in [3.05, 3.63) is 35.4 Å². The lowest BCUT2D eigenvalue weighted by molar-refractivity contribution is 0.00607. The minimum absolute atomic E-state index is 0.194. The Labute approximate surface area is 164 Å². The molecular formula is C19H20O10. The number of rotatable bonds is 6. The minimum atomic E-state index is -0.886. The Morgan fingerprint density at radius 1 is 0.690 bits per heavy atom. The second-order valence-electron chi connectivity index (χ2n) is 7.04. The van der Waals surface area contributed by atoms with Crippen LogP contribution in [0.2, 0.25) is 0 Å². The van der Waals surface area contributed by atoms with Crippen LogP contribution in [-0.4, -0.2) is 55.8 Å². The van der Waals surface area contributed by atoms with Gasteiger partial charge in [-0.2, -0.15) is 0 Å². The summed E-state index contributed by atoms with van der Waals surface area (Å²) in [5.41, 5.74) is -1.23. The molecule has 0 unspecified atom stereocenters. The van der Waals surface area contributed by atoms with Gasteiger partial charge >= 0.3 is 11.9 Å². The van der Waals surface area contributed by atoms with Crippen LogP contribution in [-0.2, 0) is 9.47 Å². The largest absolute Gasteiger partial charge is 0.504 e. The third-order valence-corrected chi connectivity index (χ3v) is 3.80. The Morgan fingerprint density at radius 3 is 1.24 bits per heavy atom. The van der Waals surface area contributed by atoms with E-state index in [1.54, 1.807) is 13.8 Å². The van der Waals surface area contributed by atoms with E-state index in [-0.39, 0.29) is 24.3 Å². The van der Waals surface area contributed by atoms with Crippen LogP contribution in [0.4, 0.5) is 0 Å². The molecule has 2 rings (SSSR count). The second-order valence-corrected chi connectivity index (χ2v) is 7.04. The fourth-order valence-corrected chi connectivity index (χ4v) is 2.17. The lowest BCUT2D eigenvalue weighted by Gasteiger charge is -2.23. The number of esters is 2. The summed E-state index contributed by atoms with van der Waals surface area (Å²) < 4.78 is 10.2. The van der Waals surface area contributed by atoms with Crippen LogP contribution >= 0.6 is 0 Å². The molecule has 6 N–H and O–H groups in total. The fraction of sp³-hybridized carbons (Fsp3) is 0.263. The molecule has 0 spiro atoms. The number of phenolic OH excluding ortho intramolecular Hbond substituents is 6. The van der Waals surface area contributed by atoms with Crippen LogP contribution < -0.4 is 0 Å². The van der Waals surface area contributed by atoms with E-state index in [9.17, 15) is 40.2 Å². The van der Waals surface area contributed by atoms with Crippen LogP contribution in [0.5, 0.6) is 34.5 Å². The number of phenols is 6. The first kappa shape index (κ1) is 21.5. The summed E-state index contributed by atoms with van der Waals surface area (Å²) in [5, 5.41) is 56.3. The summed E-state index contributed by atoms with van der Waals surface area (Å²) in [6.07, 6.45) is 0. The highest BCUT2D eigenvalue weighted by molar-refractivity contribution is 5.91. The standard InChI is InChI=1S/C19H20O10/c1-19(2,7-28-17(26)9-3-11(20)15(24)12(21)4-9)8-29-18(27)10-5-13(22)16(25)14(23)6-10/h3-6,20-25H,7-8H2,1-2H3. The normalized spacial score (nSPS) is 11.1. The molecule has 0 atom stereocenters. The average Bonchev–Trinajstić information content (AvgIpc) is 2.65. The topological polar surface area (TPSA) is 174 Å². The highest BCUT2D eigenvalue weighted by Gasteiger charge is 2.25. The van der Waals surface area contributed by atoms with Crippen molar-refractivity contribution in [2.24, 2.45) is 5.41 Å². The molecule has 10 heteroatoms. The zero-order valence-electron chi connectivity index (χ0n) is 15.5. The summed E-state index contributed by atoms with van der Waals surface area (Å²) >= 11 is 0. The van der Waals surface area contributed by atoms with Crippen LogP contribution in [0.3, 0.4) is 0 Å². The molecule has 0 amide bonds. The first-order valence-electron chi connectivity index (χ1n) is 8.25. The zero-order valence-corrected chi connectivity index (χ0v) is 15.5. The Kier molecular flexibility index (Phi) is 5.96. The van der Waals surface area contributed by atoms with Crippen molar-refractivity contribution in [2.75, 3.05) is 13.2 Å². The van der Waals surface area contributed by atoms with Gasteiger partial charge in [-0.25, -0.2) is 9.59 Å². The molecule has 0 aliphatic carbocycles. The van der Waals surface area contributed by atoms with Crippen molar-refractivity contribution < 1.29 is 49.7 Å². The molecular weight excluding hydrogens is 388 g/mol. The van der Waals surface area contributed by atoms with Crippen molar-refractivity contribution >= 4 is 11.9 Å². The quantitative estimate of drug-likeness (QED) is 0.306. The third-order valence-electron chi connectivity index (χ3n) is 3.80. The Morgan fingerprint density at radius 2 is 0.966 bits per heavy atom. The van der Waals surface area contributed by atoms with Crippen molar-refractivity contribution in [2.45, 2.75) is 13.8 Å². The molecule has 0 radical (unpaired) electrons. The van der Waals surface area contributed by atoms with Crippen LogP contribution in [0, 0.1) is 5.41 Å². The van der Waals surface area contributed by atoms with E-state index in [2.05, 4.69) is 0 Å². The predicted molar refractivity (Wildman–Crippen MR) is 97.2 cm³/mol. The maximum atomic E-state index is 12.1. The molecule has 0 aliphatic rings. The van der Waals surface area contributed by atoms with Crippen LogP contribution in [0.1, 0.15) is 34.6 Å². The summed E-state index contributed by atoms with van der Waals surface area (Å²) in [7, 11) is 0. The van der Waals surface area contributed by atoms with E-state index < -0.39 is 51.9 Å². The monoisotopic (exact) mass is 408 g/mol. The van der Waals surface area contributed by atoms with Crippen molar-refractivity contribution in [1.29, 1.82) is 0 Å². The molecule has 156 valence electrons. The first-order valence-corrected chi connectivity index (χ1v) is 8.25.